The topological polar surface area (TPSA) is 65.1 Å². The van der Waals surface area contributed by atoms with Crippen molar-refractivity contribution in [2.24, 2.45) is 0 Å². The molecule has 0 aliphatic carbocycles. The predicted molar refractivity (Wildman–Crippen MR) is 77.4 cm³/mol. The van der Waals surface area contributed by atoms with Crippen LogP contribution in [0.15, 0.2) is 63.8 Å². The van der Waals surface area contributed by atoms with Gasteiger partial charge >= 0.3 is 5.76 Å². The van der Waals surface area contributed by atoms with Crippen LogP contribution in [-0.4, -0.2) is 15.7 Å². The fourth-order valence-corrected chi connectivity index (χ4v) is 1.94. The van der Waals surface area contributed by atoms with Gasteiger partial charge in [-0.05, 0) is 36.4 Å². The van der Waals surface area contributed by atoms with E-state index in [1.54, 1.807) is 36.4 Å². The Morgan fingerprint density at radius 1 is 1.05 bits per heavy atom. The highest BCUT2D eigenvalue weighted by Gasteiger charge is 2.17. The van der Waals surface area contributed by atoms with E-state index in [1.807, 2.05) is 6.07 Å². The molecule has 3 aromatic rings. The van der Waals surface area contributed by atoms with Crippen LogP contribution in [0.1, 0.15) is 10.4 Å². The van der Waals surface area contributed by atoms with E-state index >= 15 is 0 Å². The second-order valence-electron chi connectivity index (χ2n) is 4.26. The number of hydrogen-bond donors (Lipinski definition) is 0. The number of rotatable bonds is 2. The van der Waals surface area contributed by atoms with E-state index in [0.29, 0.717) is 20.8 Å². The zero-order valence-corrected chi connectivity index (χ0v) is 11.4. The molecule has 0 amide bonds. The fourth-order valence-electron chi connectivity index (χ4n) is 1.82. The molecule has 1 heterocycles. The van der Waals surface area contributed by atoms with Crippen molar-refractivity contribution < 1.29 is 9.21 Å². The van der Waals surface area contributed by atoms with Crippen molar-refractivity contribution in [2.75, 3.05) is 0 Å². The maximum atomic E-state index is 12.2. The summed E-state index contributed by atoms with van der Waals surface area (Å²) in [5.74, 6) is -1.29. The number of carbonyl (C=O) groups is 1. The first-order valence-electron chi connectivity index (χ1n) is 6.11. The summed E-state index contributed by atoms with van der Waals surface area (Å²) in [7, 11) is 0. The van der Waals surface area contributed by atoms with E-state index in [2.05, 4.69) is 5.10 Å². The van der Waals surface area contributed by atoms with E-state index < -0.39 is 11.7 Å². The molecule has 2 aromatic carbocycles. The maximum absolute atomic E-state index is 12.2. The Hall–Kier alpha value is -2.66. The van der Waals surface area contributed by atoms with Crippen molar-refractivity contribution in [2.45, 2.75) is 0 Å². The molecule has 1 aromatic heterocycles. The Morgan fingerprint density at radius 2 is 1.71 bits per heavy atom. The average Bonchev–Trinajstić information content (AvgIpc) is 2.90. The van der Waals surface area contributed by atoms with Crippen molar-refractivity contribution in [1.29, 1.82) is 0 Å². The third kappa shape index (κ3) is 2.64. The lowest BCUT2D eigenvalue weighted by Crippen LogP contribution is -2.24. The van der Waals surface area contributed by atoms with Crippen molar-refractivity contribution >= 4 is 17.5 Å². The number of nitrogens with zero attached hydrogens (tertiary/aromatic N) is 2. The lowest BCUT2D eigenvalue weighted by Gasteiger charge is -1.98. The molecule has 0 spiro atoms. The van der Waals surface area contributed by atoms with Gasteiger partial charge in [0, 0.05) is 16.1 Å². The Labute approximate surface area is 124 Å². The summed E-state index contributed by atoms with van der Waals surface area (Å²) in [6.45, 7) is 0. The summed E-state index contributed by atoms with van der Waals surface area (Å²) >= 11 is 5.76. The largest absolute Gasteiger partial charge is 0.445 e. The van der Waals surface area contributed by atoms with Crippen LogP contribution >= 0.6 is 11.6 Å². The maximum Gasteiger partial charge on any atom is 0.445 e. The normalized spacial score (nSPS) is 10.5. The van der Waals surface area contributed by atoms with Gasteiger partial charge in [0.05, 0.1) is 0 Å². The minimum absolute atomic E-state index is 0.0999. The Bertz CT molecular complexity index is 835. The molecule has 6 heteroatoms. The quantitative estimate of drug-likeness (QED) is 0.730. The first-order valence-corrected chi connectivity index (χ1v) is 6.49. The Kier molecular flexibility index (Phi) is 3.41. The molecule has 0 radical (unpaired) electrons. The zero-order chi connectivity index (χ0) is 14.8. The Balaban J connectivity index is 2.00. The minimum Gasteiger partial charge on any atom is -0.387 e. The van der Waals surface area contributed by atoms with Crippen LogP contribution in [-0.2, 0) is 0 Å². The fraction of sp³-hybridized carbons (Fsp3) is 0. The highest BCUT2D eigenvalue weighted by atomic mass is 35.5. The molecule has 0 aliphatic heterocycles. The van der Waals surface area contributed by atoms with Crippen molar-refractivity contribution in [3.63, 3.8) is 0 Å². The van der Waals surface area contributed by atoms with Crippen LogP contribution in [0.25, 0.3) is 11.5 Å². The molecule has 0 aliphatic rings. The van der Waals surface area contributed by atoms with E-state index in [9.17, 15) is 9.59 Å². The standard InChI is InChI=1S/C15H9ClN2O3/c16-12-8-6-11(7-9-12)14(19)18-15(20)21-13(17-18)10-4-2-1-3-5-10/h1-9H. The van der Waals surface area contributed by atoms with E-state index in [0.717, 1.165) is 0 Å². The molecule has 0 fully saturated rings. The van der Waals surface area contributed by atoms with E-state index in [1.165, 1.54) is 12.1 Å². The average molecular weight is 301 g/mol. The molecule has 0 unspecified atom stereocenters. The second kappa shape index (κ2) is 5.38. The lowest BCUT2D eigenvalue weighted by atomic mass is 10.2. The number of aromatic nitrogens is 2. The van der Waals surface area contributed by atoms with Crippen LogP contribution in [0.4, 0.5) is 0 Å². The third-order valence-corrected chi connectivity index (χ3v) is 3.10. The molecular formula is C15H9ClN2O3. The first-order chi connectivity index (χ1) is 10.1. The highest BCUT2D eigenvalue weighted by molar-refractivity contribution is 6.30. The van der Waals surface area contributed by atoms with Gasteiger partial charge in [0.1, 0.15) is 0 Å². The summed E-state index contributed by atoms with van der Waals surface area (Å²) in [6.07, 6.45) is 0. The van der Waals surface area contributed by atoms with Gasteiger partial charge in [-0.1, -0.05) is 29.8 Å². The number of hydrogen-bond acceptors (Lipinski definition) is 4. The van der Waals surface area contributed by atoms with Gasteiger partial charge in [-0.15, -0.1) is 9.78 Å². The SMILES string of the molecule is O=C(c1ccc(Cl)cc1)n1nc(-c2ccccc2)oc1=O. The van der Waals surface area contributed by atoms with E-state index in [4.69, 9.17) is 16.0 Å². The van der Waals surface area contributed by atoms with Crippen LogP contribution < -0.4 is 5.76 Å². The number of carbonyl (C=O) groups excluding carboxylic acids is 1. The van der Waals surface area contributed by atoms with Gasteiger partial charge in [0.25, 0.3) is 5.91 Å². The summed E-state index contributed by atoms with van der Waals surface area (Å²) in [5.41, 5.74) is 0.923. The molecule has 21 heavy (non-hydrogen) atoms. The van der Waals surface area contributed by atoms with E-state index in [-0.39, 0.29) is 5.89 Å². The van der Waals surface area contributed by atoms with Crippen molar-refractivity contribution in [1.82, 2.24) is 9.78 Å². The van der Waals surface area contributed by atoms with Gasteiger partial charge in [-0.3, -0.25) is 4.79 Å². The number of benzene rings is 2. The summed E-state index contributed by atoms with van der Waals surface area (Å²) in [5, 5.41) is 4.44. The van der Waals surface area contributed by atoms with Gasteiger partial charge in [0.15, 0.2) is 0 Å². The van der Waals surface area contributed by atoms with Gasteiger partial charge in [0.2, 0.25) is 5.89 Å². The van der Waals surface area contributed by atoms with Crippen LogP contribution in [0.2, 0.25) is 5.02 Å². The van der Waals surface area contributed by atoms with Crippen LogP contribution in [0, 0.1) is 0 Å². The zero-order valence-electron chi connectivity index (χ0n) is 10.7. The summed E-state index contributed by atoms with van der Waals surface area (Å²) in [4.78, 5) is 24.0. The van der Waals surface area contributed by atoms with Gasteiger partial charge < -0.3 is 4.42 Å². The molecule has 0 saturated heterocycles. The molecule has 104 valence electrons. The van der Waals surface area contributed by atoms with Crippen molar-refractivity contribution in [3.05, 3.63) is 75.7 Å². The monoisotopic (exact) mass is 300 g/mol. The summed E-state index contributed by atoms with van der Waals surface area (Å²) < 4.78 is 5.72. The smallest absolute Gasteiger partial charge is 0.387 e. The minimum atomic E-state index is -0.825. The predicted octanol–water partition coefficient (Wildman–Crippen LogP) is 2.85. The molecule has 0 atom stereocenters. The third-order valence-electron chi connectivity index (χ3n) is 2.85. The Morgan fingerprint density at radius 3 is 2.38 bits per heavy atom. The highest BCUT2D eigenvalue weighted by Crippen LogP contribution is 2.15. The number of halogens is 1. The molecular weight excluding hydrogens is 292 g/mol. The lowest BCUT2D eigenvalue weighted by molar-refractivity contribution is 0.0937. The molecule has 0 N–H and O–H groups in total. The first kappa shape index (κ1) is 13.3. The second-order valence-corrected chi connectivity index (χ2v) is 4.70. The summed E-state index contributed by atoms with van der Waals surface area (Å²) in [6, 6.07) is 15.1. The van der Waals surface area contributed by atoms with Crippen LogP contribution in [0.3, 0.4) is 0 Å². The van der Waals surface area contributed by atoms with Crippen molar-refractivity contribution in [3.8, 4) is 11.5 Å². The molecule has 5 nitrogen and oxygen atoms in total. The van der Waals surface area contributed by atoms with Gasteiger partial charge in [-0.2, -0.15) is 0 Å². The molecule has 0 bridgehead atoms. The van der Waals surface area contributed by atoms with Gasteiger partial charge in [-0.25, -0.2) is 4.79 Å². The molecule has 3 rings (SSSR count). The molecule has 0 saturated carbocycles. The van der Waals surface area contributed by atoms with Crippen LogP contribution in [0.5, 0.6) is 0 Å².